The van der Waals surface area contributed by atoms with E-state index in [1.54, 1.807) is 18.2 Å². The number of rotatable bonds is 4. The molecule has 5 heteroatoms. The molecule has 3 aromatic rings. The molecule has 28 heavy (non-hydrogen) atoms. The zero-order chi connectivity index (χ0) is 19.5. The zero-order valence-corrected chi connectivity index (χ0v) is 15.2. The summed E-state index contributed by atoms with van der Waals surface area (Å²) < 4.78 is 4.89. The lowest BCUT2D eigenvalue weighted by Gasteiger charge is -2.16. The fourth-order valence-electron chi connectivity index (χ4n) is 3.26. The Hall–Kier alpha value is -3.86. The summed E-state index contributed by atoms with van der Waals surface area (Å²) in [5.41, 5.74) is 4.53. The molecule has 2 N–H and O–H groups in total. The third-order valence-corrected chi connectivity index (χ3v) is 4.58. The predicted molar refractivity (Wildman–Crippen MR) is 110 cm³/mol. The van der Waals surface area contributed by atoms with Gasteiger partial charge in [-0.25, -0.2) is 4.79 Å². The zero-order valence-electron chi connectivity index (χ0n) is 15.2. The van der Waals surface area contributed by atoms with E-state index in [0.29, 0.717) is 22.5 Å². The molecule has 0 saturated heterocycles. The number of hydrogen-bond donors (Lipinski definition) is 2. The first-order chi connectivity index (χ1) is 13.7. The minimum Gasteiger partial charge on any atom is -0.465 e. The van der Waals surface area contributed by atoms with E-state index in [0.717, 1.165) is 16.8 Å². The maximum atomic E-state index is 12.8. The molecule has 0 spiro atoms. The molecule has 0 radical (unpaired) electrons. The second-order valence-corrected chi connectivity index (χ2v) is 6.28. The van der Waals surface area contributed by atoms with Crippen LogP contribution in [-0.4, -0.2) is 19.0 Å². The summed E-state index contributed by atoms with van der Waals surface area (Å²) in [6, 6.07) is 24.2. The standard InChI is InChI=1S/C23H18N2O3/c1-28-23(27)17-12-6-8-14-19(17)24-21(15-9-3-2-4-10-15)20-16-11-5-7-13-18(16)25-22(20)26/h2-14,24H,1H3,(H,25,26). The first-order valence-corrected chi connectivity index (χ1v) is 8.84. The van der Waals surface area contributed by atoms with Gasteiger partial charge in [-0.1, -0.05) is 60.7 Å². The summed E-state index contributed by atoms with van der Waals surface area (Å²) in [7, 11) is 1.34. The van der Waals surface area contributed by atoms with Gasteiger partial charge in [-0.15, -0.1) is 0 Å². The minimum absolute atomic E-state index is 0.192. The van der Waals surface area contributed by atoms with Gasteiger partial charge in [-0.2, -0.15) is 0 Å². The molecule has 1 amide bonds. The molecule has 0 saturated carbocycles. The molecule has 1 aliphatic rings. The summed E-state index contributed by atoms with van der Waals surface area (Å²) >= 11 is 0. The molecule has 0 aromatic heterocycles. The lowest BCUT2D eigenvalue weighted by Crippen LogP contribution is -2.12. The van der Waals surface area contributed by atoms with Crippen molar-refractivity contribution in [2.75, 3.05) is 17.7 Å². The van der Waals surface area contributed by atoms with Crippen molar-refractivity contribution in [2.24, 2.45) is 0 Å². The number of amides is 1. The van der Waals surface area contributed by atoms with E-state index < -0.39 is 5.97 Å². The lowest BCUT2D eigenvalue weighted by atomic mass is 9.99. The van der Waals surface area contributed by atoms with E-state index in [4.69, 9.17) is 4.74 Å². The Bertz CT molecular complexity index is 1090. The molecule has 5 nitrogen and oxygen atoms in total. The van der Waals surface area contributed by atoms with Crippen molar-refractivity contribution in [1.29, 1.82) is 0 Å². The third-order valence-electron chi connectivity index (χ3n) is 4.58. The number of para-hydroxylation sites is 2. The summed E-state index contributed by atoms with van der Waals surface area (Å²) in [6.07, 6.45) is 0. The molecular weight excluding hydrogens is 352 g/mol. The first-order valence-electron chi connectivity index (χ1n) is 8.84. The van der Waals surface area contributed by atoms with Crippen LogP contribution < -0.4 is 10.6 Å². The predicted octanol–water partition coefficient (Wildman–Crippen LogP) is 4.41. The molecule has 1 heterocycles. The van der Waals surface area contributed by atoms with E-state index >= 15 is 0 Å². The highest BCUT2D eigenvalue weighted by Gasteiger charge is 2.28. The minimum atomic E-state index is -0.447. The van der Waals surface area contributed by atoms with Crippen LogP contribution in [0.2, 0.25) is 0 Å². The van der Waals surface area contributed by atoms with Gasteiger partial charge < -0.3 is 15.4 Å². The van der Waals surface area contributed by atoms with Crippen LogP contribution in [0.5, 0.6) is 0 Å². The van der Waals surface area contributed by atoms with Gasteiger partial charge in [-0.3, -0.25) is 4.79 Å². The molecule has 0 aliphatic carbocycles. The van der Waals surface area contributed by atoms with E-state index in [-0.39, 0.29) is 5.91 Å². The second kappa shape index (κ2) is 7.40. The van der Waals surface area contributed by atoms with Crippen LogP contribution >= 0.6 is 0 Å². The monoisotopic (exact) mass is 370 g/mol. The highest BCUT2D eigenvalue weighted by molar-refractivity contribution is 6.37. The average Bonchev–Trinajstić information content (AvgIpc) is 3.08. The Balaban J connectivity index is 1.91. The lowest BCUT2D eigenvalue weighted by molar-refractivity contribution is -0.110. The maximum Gasteiger partial charge on any atom is 0.339 e. The van der Waals surface area contributed by atoms with Crippen molar-refractivity contribution in [1.82, 2.24) is 0 Å². The van der Waals surface area contributed by atoms with Crippen molar-refractivity contribution in [3.63, 3.8) is 0 Å². The van der Waals surface area contributed by atoms with Gasteiger partial charge in [0.1, 0.15) is 0 Å². The Kier molecular flexibility index (Phi) is 4.64. The normalized spacial score (nSPS) is 14.1. The number of anilines is 2. The van der Waals surface area contributed by atoms with Crippen molar-refractivity contribution >= 4 is 34.5 Å². The smallest absolute Gasteiger partial charge is 0.339 e. The number of nitrogens with one attached hydrogen (secondary N) is 2. The van der Waals surface area contributed by atoms with Crippen LogP contribution in [0.3, 0.4) is 0 Å². The van der Waals surface area contributed by atoms with Gasteiger partial charge >= 0.3 is 5.97 Å². The molecular formula is C23H18N2O3. The quantitative estimate of drug-likeness (QED) is 0.527. The van der Waals surface area contributed by atoms with Crippen molar-refractivity contribution in [3.05, 3.63) is 95.6 Å². The average molecular weight is 370 g/mol. The topological polar surface area (TPSA) is 67.4 Å². The Morgan fingerprint density at radius 2 is 1.57 bits per heavy atom. The van der Waals surface area contributed by atoms with E-state index in [2.05, 4.69) is 10.6 Å². The molecule has 3 aromatic carbocycles. The summed E-state index contributed by atoms with van der Waals surface area (Å²) in [5, 5.41) is 6.21. The van der Waals surface area contributed by atoms with E-state index in [1.807, 2.05) is 60.7 Å². The molecule has 0 atom stereocenters. The number of methoxy groups -OCH3 is 1. The second-order valence-electron chi connectivity index (χ2n) is 6.28. The van der Waals surface area contributed by atoms with Gasteiger partial charge in [0.2, 0.25) is 0 Å². The summed E-state index contributed by atoms with van der Waals surface area (Å²) in [5.74, 6) is -0.639. The number of carbonyl (C=O) groups excluding carboxylic acids is 2. The van der Waals surface area contributed by atoms with Crippen LogP contribution in [0.25, 0.3) is 11.3 Å². The van der Waals surface area contributed by atoms with Crippen molar-refractivity contribution < 1.29 is 14.3 Å². The number of hydrogen-bond acceptors (Lipinski definition) is 4. The highest BCUT2D eigenvalue weighted by atomic mass is 16.5. The summed E-state index contributed by atoms with van der Waals surface area (Å²) in [6.45, 7) is 0. The van der Waals surface area contributed by atoms with Gasteiger partial charge in [0.05, 0.1) is 29.6 Å². The summed E-state index contributed by atoms with van der Waals surface area (Å²) in [4.78, 5) is 25.0. The van der Waals surface area contributed by atoms with Gasteiger partial charge in [0, 0.05) is 11.3 Å². The number of benzene rings is 3. The fraction of sp³-hybridized carbons (Fsp3) is 0.0435. The fourth-order valence-corrected chi connectivity index (χ4v) is 3.26. The molecule has 0 fully saturated rings. The van der Waals surface area contributed by atoms with Crippen LogP contribution in [0.15, 0.2) is 78.9 Å². The van der Waals surface area contributed by atoms with Crippen LogP contribution in [0, 0.1) is 0 Å². The molecule has 0 bridgehead atoms. The number of carbonyl (C=O) groups is 2. The molecule has 138 valence electrons. The van der Waals surface area contributed by atoms with Gasteiger partial charge in [-0.05, 0) is 23.8 Å². The Labute approximate surface area is 162 Å². The molecule has 0 unspecified atom stereocenters. The van der Waals surface area contributed by atoms with Crippen LogP contribution in [-0.2, 0) is 9.53 Å². The SMILES string of the molecule is COC(=O)c1ccccc1NC(=C1C(=O)Nc2ccccc21)c1ccccc1. The van der Waals surface area contributed by atoms with E-state index in [9.17, 15) is 9.59 Å². The van der Waals surface area contributed by atoms with E-state index in [1.165, 1.54) is 7.11 Å². The first kappa shape index (κ1) is 17.5. The van der Waals surface area contributed by atoms with Crippen LogP contribution in [0.4, 0.5) is 11.4 Å². The highest BCUT2D eigenvalue weighted by Crippen LogP contribution is 2.37. The van der Waals surface area contributed by atoms with Crippen molar-refractivity contribution in [2.45, 2.75) is 0 Å². The molecule has 1 aliphatic heterocycles. The van der Waals surface area contributed by atoms with Crippen LogP contribution in [0.1, 0.15) is 21.5 Å². The third kappa shape index (κ3) is 3.14. The number of fused-ring (bicyclic) bond motifs is 1. The number of ether oxygens (including phenoxy) is 1. The van der Waals surface area contributed by atoms with Crippen molar-refractivity contribution in [3.8, 4) is 0 Å². The van der Waals surface area contributed by atoms with Gasteiger partial charge in [0.25, 0.3) is 5.91 Å². The Morgan fingerprint density at radius 3 is 2.36 bits per heavy atom. The van der Waals surface area contributed by atoms with Gasteiger partial charge in [0.15, 0.2) is 0 Å². The Morgan fingerprint density at radius 1 is 0.893 bits per heavy atom. The maximum absolute atomic E-state index is 12.8. The number of esters is 1. The largest absolute Gasteiger partial charge is 0.465 e. The molecule has 4 rings (SSSR count).